The smallest absolute Gasteiger partial charge is 0.161 e. The predicted molar refractivity (Wildman–Crippen MR) is 80.5 cm³/mol. The Bertz CT molecular complexity index is 703. The average Bonchev–Trinajstić information content (AvgIpc) is 2.95. The first-order chi connectivity index (χ1) is 10.7. The van der Waals surface area contributed by atoms with Crippen molar-refractivity contribution in [2.75, 3.05) is 14.2 Å². The molecule has 0 saturated carbocycles. The molecule has 1 heterocycles. The number of rotatable bonds is 7. The third kappa shape index (κ3) is 3.23. The highest BCUT2D eigenvalue weighted by atomic mass is 16.5. The highest BCUT2D eigenvalue weighted by Gasteiger charge is 2.14. The lowest BCUT2D eigenvalue weighted by Gasteiger charge is -2.09. The molecule has 2 aromatic rings. The molecule has 1 aromatic heterocycles. The molecule has 0 amide bonds. The van der Waals surface area contributed by atoms with Gasteiger partial charge in [0.05, 0.1) is 38.9 Å². The van der Waals surface area contributed by atoms with Gasteiger partial charge in [-0.15, -0.1) is 0 Å². The van der Waals surface area contributed by atoms with Crippen LogP contribution in [0.1, 0.15) is 12.0 Å². The van der Waals surface area contributed by atoms with E-state index in [1.165, 1.54) is 0 Å². The molecule has 0 bridgehead atoms. The van der Waals surface area contributed by atoms with Crippen molar-refractivity contribution in [2.45, 2.75) is 19.5 Å². The number of aryl methyl sites for hydroxylation is 1. The summed E-state index contributed by atoms with van der Waals surface area (Å²) in [4.78, 5) is 10.6. The molecule has 0 atom stereocenters. The maximum Gasteiger partial charge on any atom is 0.161 e. The number of nitrogens with zero attached hydrogens (tertiary/aromatic N) is 4. The van der Waals surface area contributed by atoms with Gasteiger partial charge in [-0.25, -0.2) is 0 Å². The first-order valence-electron chi connectivity index (χ1n) is 6.68. The van der Waals surface area contributed by atoms with Crippen molar-refractivity contribution in [3.8, 4) is 28.8 Å². The Hall–Kier alpha value is -2.88. The van der Waals surface area contributed by atoms with Gasteiger partial charge in [-0.2, -0.15) is 15.3 Å². The van der Waals surface area contributed by atoms with Gasteiger partial charge in [-0.3, -0.25) is 4.68 Å². The van der Waals surface area contributed by atoms with Crippen LogP contribution in [0.15, 0.2) is 29.6 Å². The van der Waals surface area contributed by atoms with Crippen LogP contribution in [0.25, 0.3) is 11.3 Å². The van der Waals surface area contributed by atoms with Gasteiger partial charge in [0.25, 0.3) is 0 Å². The Labute approximate surface area is 128 Å². The van der Waals surface area contributed by atoms with Gasteiger partial charge >= 0.3 is 0 Å². The summed E-state index contributed by atoms with van der Waals surface area (Å²) in [6.45, 7) is 0.492. The lowest BCUT2D eigenvalue weighted by molar-refractivity contribution is 0.355. The van der Waals surface area contributed by atoms with Gasteiger partial charge in [0.15, 0.2) is 11.5 Å². The van der Waals surface area contributed by atoms with Crippen LogP contribution in [0.2, 0.25) is 0 Å². The normalized spacial score (nSPS) is 10.0. The standard InChI is InChI=1S/C15H16N4O3/c1-21-13-5-4-11(8-14(13)22-2)15-12(9-17-20)10-19(18-15)7-3-6-16/h4-5,8,10H,3,7,9H2,1-2H3. The molecular formula is C15H16N4O3. The Morgan fingerprint density at radius 1 is 1.32 bits per heavy atom. The van der Waals surface area contributed by atoms with Crippen LogP contribution in [-0.4, -0.2) is 24.0 Å². The SMILES string of the molecule is COc1ccc(-c2nn(CCC#N)cc2CN=O)cc1OC. The summed E-state index contributed by atoms with van der Waals surface area (Å²) in [7, 11) is 3.12. The number of nitriles is 1. The van der Waals surface area contributed by atoms with E-state index in [9.17, 15) is 4.91 Å². The zero-order valence-corrected chi connectivity index (χ0v) is 12.4. The van der Waals surface area contributed by atoms with Crippen LogP contribution in [-0.2, 0) is 13.1 Å². The molecule has 0 spiro atoms. The summed E-state index contributed by atoms with van der Waals surface area (Å²) in [5.41, 5.74) is 2.16. The molecule has 0 aliphatic rings. The van der Waals surface area contributed by atoms with Crippen molar-refractivity contribution in [2.24, 2.45) is 5.18 Å². The highest BCUT2D eigenvalue weighted by Crippen LogP contribution is 2.33. The van der Waals surface area contributed by atoms with Gasteiger partial charge in [0.1, 0.15) is 6.54 Å². The van der Waals surface area contributed by atoms with Gasteiger partial charge in [0, 0.05) is 17.3 Å². The van der Waals surface area contributed by atoms with Crippen LogP contribution in [0.5, 0.6) is 11.5 Å². The molecule has 0 radical (unpaired) electrons. The van der Waals surface area contributed by atoms with Crippen molar-refractivity contribution >= 4 is 0 Å². The number of hydrogen-bond donors (Lipinski definition) is 0. The van der Waals surface area contributed by atoms with E-state index in [0.29, 0.717) is 35.7 Å². The number of methoxy groups -OCH3 is 2. The molecule has 2 rings (SSSR count). The third-order valence-corrected chi connectivity index (χ3v) is 3.18. The second-order valence-corrected chi connectivity index (χ2v) is 4.53. The largest absolute Gasteiger partial charge is 0.493 e. The van der Waals surface area contributed by atoms with Crippen LogP contribution < -0.4 is 9.47 Å². The Morgan fingerprint density at radius 3 is 2.73 bits per heavy atom. The lowest BCUT2D eigenvalue weighted by atomic mass is 10.1. The van der Waals surface area contributed by atoms with Crippen LogP contribution >= 0.6 is 0 Å². The minimum absolute atomic E-state index is 0.0240. The Morgan fingerprint density at radius 2 is 2.09 bits per heavy atom. The zero-order valence-electron chi connectivity index (χ0n) is 12.4. The molecule has 7 heteroatoms. The summed E-state index contributed by atoms with van der Waals surface area (Å²) < 4.78 is 12.1. The molecule has 0 aliphatic heterocycles. The number of nitroso groups, excluding NO2 is 1. The summed E-state index contributed by atoms with van der Waals surface area (Å²) in [6.07, 6.45) is 2.09. The molecule has 7 nitrogen and oxygen atoms in total. The summed E-state index contributed by atoms with van der Waals surface area (Å²) in [5, 5.41) is 16.0. The number of aromatic nitrogens is 2. The van der Waals surface area contributed by atoms with Crippen LogP contribution in [0.4, 0.5) is 0 Å². The maximum absolute atomic E-state index is 10.6. The second-order valence-electron chi connectivity index (χ2n) is 4.53. The topological polar surface area (TPSA) is 89.5 Å². The summed E-state index contributed by atoms with van der Waals surface area (Å²) >= 11 is 0. The van der Waals surface area contributed by atoms with Crippen molar-refractivity contribution in [3.63, 3.8) is 0 Å². The molecule has 22 heavy (non-hydrogen) atoms. The molecule has 0 unspecified atom stereocenters. The summed E-state index contributed by atoms with van der Waals surface area (Å²) in [6, 6.07) is 7.48. The monoisotopic (exact) mass is 300 g/mol. The van der Waals surface area contributed by atoms with Crippen molar-refractivity contribution in [1.82, 2.24) is 9.78 Å². The van der Waals surface area contributed by atoms with Crippen molar-refractivity contribution in [3.05, 3.63) is 34.9 Å². The minimum atomic E-state index is 0.0240. The molecule has 0 aliphatic carbocycles. The first-order valence-corrected chi connectivity index (χ1v) is 6.68. The van der Waals surface area contributed by atoms with Crippen molar-refractivity contribution < 1.29 is 9.47 Å². The van der Waals surface area contributed by atoms with Gasteiger partial charge in [0.2, 0.25) is 0 Å². The molecule has 0 fully saturated rings. The molecule has 114 valence electrons. The Balaban J connectivity index is 2.43. The Kier molecular flexibility index (Phi) is 5.09. The molecular weight excluding hydrogens is 284 g/mol. The molecule has 0 N–H and O–H groups in total. The van der Waals surface area contributed by atoms with Crippen LogP contribution in [0.3, 0.4) is 0 Å². The fourth-order valence-corrected chi connectivity index (χ4v) is 2.15. The van der Waals surface area contributed by atoms with E-state index in [1.54, 1.807) is 37.2 Å². The molecule has 1 aromatic carbocycles. The fraction of sp³-hybridized carbons (Fsp3) is 0.333. The predicted octanol–water partition coefficient (Wildman–Crippen LogP) is 2.75. The highest BCUT2D eigenvalue weighted by molar-refractivity contribution is 5.66. The number of hydrogen-bond acceptors (Lipinski definition) is 6. The third-order valence-electron chi connectivity index (χ3n) is 3.18. The quantitative estimate of drug-likeness (QED) is 0.733. The lowest BCUT2D eigenvalue weighted by Crippen LogP contribution is -1.97. The van der Waals surface area contributed by atoms with Gasteiger partial charge in [-0.1, -0.05) is 5.18 Å². The van der Waals surface area contributed by atoms with E-state index < -0.39 is 0 Å². The van der Waals surface area contributed by atoms with E-state index in [2.05, 4.69) is 16.3 Å². The van der Waals surface area contributed by atoms with E-state index in [0.717, 1.165) is 5.56 Å². The number of ether oxygens (including phenoxy) is 2. The average molecular weight is 300 g/mol. The molecule has 0 saturated heterocycles. The zero-order chi connectivity index (χ0) is 15.9. The van der Waals surface area contributed by atoms with E-state index in [-0.39, 0.29) is 6.54 Å². The van der Waals surface area contributed by atoms with Gasteiger partial charge < -0.3 is 9.47 Å². The van der Waals surface area contributed by atoms with E-state index in [4.69, 9.17) is 14.7 Å². The maximum atomic E-state index is 10.6. The van der Waals surface area contributed by atoms with E-state index >= 15 is 0 Å². The van der Waals surface area contributed by atoms with Crippen LogP contribution in [0, 0.1) is 16.2 Å². The fourth-order valence-electron chi connectivity index (χ4n) is 2.15. The minimum Gasteiger partial charge on any atom is -0.493 e. The number of benzene rings is 1. The summed E-state index contributed by atoms with van der Waals surface area (Å²) in [5.74, 6) is 1.20. The van der Waals surface area contributed by atoms with Gasteiger partial charge in [-0.05, 0) is 18.2 Å². The van der Waals surface area contributed by atoms with E-state index in [1.807, 2.05) is 6.07 Å². The first kappa shape index (κ1) is 15.5. The van der Waals surface area contributed by atoms with Crippen molar-refractivity contribution in [1.29, 1.82) is 5.26 Å². The second kappa shape index (κ2) is 7.22.